The number of aryl methyl sites for hydroxylation is 2. The van der Waals surface area contributed by atoms with Crippen LogP contribution in [0.3, 0.4) is 0 Å². The van der Waals surface area contributed by atoms with Gasteiger partial charge in [0.15, 0.2) is 5.96 Å². The van der Waals surface area contributed by atoms with Crippen LogP contribution in [0.15, 0.2) is 4.99 Å². The summed E-state index contributed by atoms with van der Waals surface area (Å²) in [6.45, 7) is 13.6. The lowest BCUT2D eigenvalue weighted by atomic mass is 10.0. The van der Waals surface area contributed by atoms with E-state index in [1.54, 1.807) is 11.3 Å². The quantitative estimate of drug-likeness (QED) is 0.586. The highest BCUT2D eigenvalue weighted by Crippen LogP contribution is 2.17. The number of hydrogen-bond donors (Lipinski definition) is 2. The summed E-state index contributed by atoms with van der Waals surface area (Å²) in [6, 6.07) is 0.600. The molecule has 2 N–H and O–H groups in total. The normalized spacial score (nSPS) is 19.5. The van der Waals surface area contributed by atoms with Crippen LogP contribution < -0.4 is 10.6 Å². The lowest BCUT2D eigenvalue weighted by molar-refractivity contribution is 0.161. The number of nitrogens with zero attached hydrogens (tertiary/aromatic N) is 3. The fourth-order valence-corrected chi connectivity index (χ4v) is 4.09. The number of aliphatic imine (C=N–C) groups is 1. The lowest BCUT2D eigenvalue weighted by Crippen LogP contribution is -2.43. The first kappa shape index (κ1) is 19.2. The van der Waals surface area contributed by atoms with Crippen molar-refractivity contribution in [2.24, 2.45) is 4.99 Å². The Morgan fingerprint density at radius 3 is 2.79 bits per heavy atom. The van der Waals surface area contributed by atoms with Crippen LogP contribution in [-0.2, 0) is 6.42 Å². The topological polar surface area (TPSA) is 52.6 Å². The molecule has 2 rings (SSSR count). The minimum atomic E-state index is 0.600. The molecule has 2 heterocycles. The Morgan fingerprint density at radius 1 is 1.29 bits per heavy atom. The first-order valence-corrected chi connectivity index (χ1v) is 10.1. The second-order valence-corrected chi connectivity index (χ2v) is 7.71. The van der Waals surface area contributed by atoms with E-state index in [0.717, 1.165) is 44.3 Å². The van der Waals surface area contributed by atoms with Crippen LogP contribution in [0.25, 0.3) is 0 Å². The van der Waals surface area contributed by atoms with E-state index in [9.17, 15) is 0 Å². The summed E-state index contributed by atoms with van der Waals surface area (Å²) in [5.74, 6) is 0.934. The maximum absolute atomic E-state index is 4.83. The van der Waals surface area contributed by atoms with E-state index in [0.29, 0.717) is 6.04 Å². The number of rotatable bonds is 7. The minimum absolute atomic E-state index is 0.600. The third-order valence-electron chi connectivity index (χ3n) is 4.66. The van der Waals surface area contributed by atoms with Crippen molar-refractivity contribution in [3.8, 4) is 0 Å². The van der Waals surface area contributed by atoms with Crippen molar-refractivity contribution in [2.75, 3.05) is 32.7 Å². The maximum atomic E-state index is 4.83. The van der Waals surface area contributed by atoms with Gasteiger partial charge in [-0.05, 0) is 46.7 Å². The van der Waals surface area contributed by atoms with Crippen molar-refractivity contribution in [3.05, 3.63) is 15.6 Å². The molecule has 1 aliphatic heterocycles. The zero-order chi connectivity index (χ0) is 17.4. The minimum Gasteiger partial charge on any atom is -0.357 e. The summed E-state index contributed by atoms with van der Waals surface area (Å²) < 4.78 is 0. The van der Waals surface area contributed by atoms with Gasteiger partial charge in [0.05, 0.1) is 17.2 Å². The Bertz CT molecular complexity index is 506. The van der Waals surface area contributed by atoms with E-state index >= 15 is 0 Å². The number of thiazole rings is 1. The lowest BCUT2D eigenvalue weighted by Gasteiger charge is -2.33. The molecule has 6 heteroatoms. The molecule has 1 saturated heterocycles. The van der Waals surface area contributed by atoms with E-state index in [-0.39, 0.29) is 0 Å². The van der Waals surface area contributed by atoms with Crippen LogP contribution in [0.5, 0.6) is 0 Å². The SMILES string of the molecule is CCNC(=NCC1CCCCN1CC)NCCc1nc(C)c(C)s1. The van der Waals surface area contributed by atoms with Crippen molar-refractivity contribution in [2.45, 2.75) is 59.4 Å². The first-order valence-electron chi connectivity index (χ1n) is 9.33. The van der Waals surface area contributed by atoms with Crippen LogP contribution in [0, 0.1) is 13.8 Å². The molecule has 5 nitrogen and oxygen atoms in total. The van der Waals surface area contributed by atoms with Crippen molar-refractivity contribution >= 4 is 17.3 Å². The molecule has 24 heavy (non-hydrogen) atoms. The van der Waals surface area contributed by atoms with Gasteiger partial charge in [-0.3, -0.25) is 9.89 Å². The van der Waals surface area contributed by atoms with Crippen molar-refractivity contribution in [3.63, 3.8) is 0 Å². The second-order valence-electron chi connectivity index (χ2n) is 6.42. The summed E-state index contributed by atoms with van der Waals surface area (Å²) >= 11 is 1.80. The molecular weight excluding hydrogens is 318 g/mol. The fraction of sp³-hybridized carbons (Fsp3) is 0.778. The van der Waals surface area contributed by atoms with Crippen molar-refractivity contribution in [1.29, 1.82) is 0 Å². The standard InChI is InChI=1S/C18H33N5S/c1-5-19-18(20-11-10-17-22-14(3)15(4)24-17)21-13-16-9-7-8-12-23(16)6-2/h16H,5-13H2,1-4H3,(H2,19,20,21). The van der Waals surface area contributed by atoms with E-state index < -0.39 is 0 Å². The fourth-order valence-electron chi connectivity index (χ4n) is 3.16. The van der Waals surface area contributed by atoms with Crippen molar-refractivity contribution < 1.29 is 0 Å². The van der Waals surface area contributed by atoms with Gasteiger partial charge in [0.1, 0.15) is 0 Å². The summed E-state index contributed by atoms with van der Waals surface area (Å²) in [6.07, 6.45) is 4.89. The van der Waals surface area contributed by atoms with Crippen LogP contribution in [0.4, 0.5) is 0 Å². The maximum Gasteiger partial charge on any atom is 0.191 e. The monoisotopic (exact) mass is 351 g/mol. The average molecular weight is 352 g/mol. The Labute approximate surface area is 151 Å². The zero-order valence-corrected chi connectivity index (χ0v) is 16.5. The first-order chi connectivity index (χ1) is 11.6. The molecule has 0 saturated carbocycles. The molecule has 0 bridgehead atoms. The molecule has 1 aromatic rings. The number of likely N-dealkylation sites (tertiary alicyclic amines) is 1. The van der Waals surface area contributed by atoms with Gasteiger partial charge in [-0.25, -0.2) is 4.98 Å². The largest absolute Gasteiger partial charge is 0.357 e. The Hall–Kier alpha value is -1.14. The Balaban J connectivity index is 1.83. The molecule has 1 aliphatic rings. The molecular formula is C18H33N5S. The van der Waals surface area contributed by atoms with E-state index in [4.69, 9.17) is 4.99 Å². The molecule has 1 aromatic heterocycles. The van der Waals surface area contributed by atoms with Gasteiger partial charge < -0.3 is 10.6 Å². The summed E-state index contributed by atoms with van der Waals surface area (Å²) in [4.78, 5) is 13.3. The highest BCUT2D eigenvalue weighted by atomic mass is 32.1. The van der Waals surface area contributed by atoms with Gasteiger partial charge in [-0.1, -0.05) is 13.3 Å². The molecule has 1 fully saturated rings. The molecule has 136 valence electrons. The summed E-state index contributed by atoms with van der Waals surface area (Å²) in [5, 5.41) is 8.02. The van der Waals surface area contributed by atoms with Crippen LogP contribution in [0.1, 0.15) is 48.7 Å². The van der Waals surface area contributed by atoms with Gasteiger partial charge in [-0.2, -0.15) is 0 Å². The van der Waals surface area contributed by atoms with Crippen LogP contribution >= 0.6 is 11.3 Å². The number of aromatic nitrogens is 1. The number of hydrogen-bond acceptors (Lipinski definition) is 4. The number of likely N-dealkylation sites (N-methyl/N-ethyl adjacent to an activating group) is 1. The van der Waals surface area contributed by atoms with Gasteiger partial charge in [0, 0.05) is 30.4 Å². The van der Waals surface area contributed by atoms with E-state index in [1.807, 2.05) is 0 Å². The molecule has 0 aromatic carbocycles. The van der Waals surface area contributed by atoms with Gasteiger partial charge in [0.25, 0.3) is 0 Å². The summed E-state index contributed by atoms with van der Waals surface area (Å²) in [7, 11) is 0. The zero-order valence-electron chi connectivity index (χ0n) is 15.7. The highest BCUT2D eigenvalue weighted by Gasteiger charge is 2.20. The molecule has 1 unspecified atom stereocenters. The van der Waals surface area contributed by atoms with Gasteiger partial charge >= 0.3 is 0 Å². The molecule has 0 aliphatic carbocycles. The number of guanidine groups is 1. The van der Waals surface area contributed by atoms with E-state index in [1.165, 1.54) is 35.7 Å². The molecule has 0 spiro atoms. The molecule has 0 radical (unpaired) electrons. The second kappa shape index (κ2) is 9.99. The predicted molar refractivity (Wildman–Crippen MR) is 104 cm³/mol. The van der Waals surface area contributed by atoms with Crippen molar-refractivity contribution in [1.82, 2.24) is 20.5 Å². The Kier molecular flexibility index (Phi) is 7.99. The predicted octanol–water partition coefficient (Wildman–Crippen LogP) is 2.73. The van der Waals surface area contributed by atoms with E-state index in [2.05, 4.69) is 48.2 Å². The smallest absolute Gasteiger partial charge is 0.191 e. The van der Waals surface area contributed by atoms with Crippen LogP contribution in [-0.4, -0.2) is 54.6 Å². The van der Waals surface area contributed by atoms with Crippen LogP contribution in [0.2, 0.25) is 0 Å². The number of nitrogens with one attached hydrogen (secondary N) is 2. The average Bonchev–Trinajstić information content (AvgIpc) is 2.91. The molecule has 1 atom stereocenters. The summed E-state index contributed by atoms with van der Waals surface area (Å²) in [5.41, 5.74) is 1.16. The third kappa shape index (κ3) is 5.74. The van der Waals surface area contributed by atoms with Gasteiger partial charge in [-0.15, -0.1) is 11.3 Å². The van der Waals surface area contributed by atoms with Gasteiger partial charge in [0.2, 0.25) is 0 Å². The molecule has 0 amide bonds. The number of piperidine rings is 1. The third-order valence-corrected chi connectivity index (χ3v) is 5.80. The highest BCUT2D eigenvalue weighted by molar-refractivity contribution is 7.11. The Morgan fingerprint density at radius 2 is 2.12 bits per heavy atom.